The largest absolute Gasteiger partial charge is 0.478 e. The summed E-state index contributed by atoms with van der Waals surface area (Å²) in [7, 11) is 0. The van der Waals surface area contributed by atoms with Crippen LogP contribution in [0, 0.1) is 0 Å². The Morgan fingerprint density at radius 2 is 1.60 bits per heavy atom. The van der Waals surface area contributed by atoms with Crippen LogP contribution in [0.1, 0.15) is 24.2 Å². The average molecular weight is 212 g/mol. The minimum Gasteiger partial charge on any atom is -0.478 e. The van der Waals surface area contributed by atoms with Crippen LogP contribution in [0.5, 0.6) is 0 Å². The Hall–Kier alpha value is -1.39. The smallest absolute Gasteiger partial charge is 0.335 e. The van der Waals surface area contributed by atoms with Crippen molar-refractivity contribution in [1.29, 1.82) is 0 Å². The van der Waals surface area contributed by atoms with Crippen molar-refractivity contribution in [3.63, 3.8) is 0 Å². The molecule has 0 spiro atoms. The van der Waals surface area contributed by atoms with Gasteiger partial charge in [0.15, 0.2) is 0 Å². The third-order valence-corrected chi connectivity index (χ3v) is 1.34. The van der Waals surface area contributed by atoms with Crippen LogP contribution in [0.25, 0.3) is 0 Å². The van der Waals surface area contributed by atoms with E-state index in [0.717, 1.165) is 0 Å². The van der Waals surface area contributed by atoms with Crippen LogP contribution in [0.3, 0.4) is 0 Å². The first-order valence-corrected chi connectivity index (χ1v) is 4.75. The number of hydrogen-bond donors (Lipinski definition) is 1. The van der Waals surface area contributed by atoms with Gasteiger partial charge in [-0.25, -0.2) is 14.6 Å². The van der Waals surface area contributed by atoms with Gasteiger partial charge in [0, 0.05) is 0 Å². The summed E-state index contributed by atoms with van der Waals surface area (Å²) >= 11 is 0. The van der Waals surface area contributed by atoms with Gasteiger partial charge in [0.1, 0.15) is 0 Å². The second kappa shape index (κ2) is 9.18. The van der Waals surface area contributed by atoms with Crippen LogP contribution in [-0.2, 0) is 9.78 Å². The molecule has 1 N–H and O–H groups in total. The molecule has 4 nitrogen and oxygen atoms in total. The summed E-state index contributed by atoms with van der Waals surface area (Å²) in [6.45, 7) is 5.03. The molecule has 0 aliphatic heterocycles. The maximum Gasteiger partial charge on any atom is 0.335 e. The first-order chi connectivity index (χ1) is 7.22. The Balaban J connectivity index is 0.000000288. The highest BCUT2D eigenvalue weighted by atomic mass is 17.2. The first kappa shape index (κ1) is 13.6. The van der Waals surface area contributed by atoms with Gasteiger partial charge < -0.3 is 5.11 Å². The van der Waals surface area contributed by atoms with Crippen LogP contribution in [0.4, 0.5) is 0 Å². The zero-order valence-electron chi connectivity index (χ0n) is 8.97. The average Bonchev–Trinajstić information content (AvgIpc) is 2.28. The lowest BCUT2D eigenvalue weighted by molar-refractivity contribution is -0.287. The van der Waals surface area contributed by atoms with E-state index in [4.69, 9.17) is 5.11 Å². The maximum absolute atomic E-state index is 10.2. The number of carboxylic acid groups (broad SMARTS) is 1. The molecule has 1 aromatic carbocycles. The molecular weight excluding hydrogens is 196 g/mol. The summed E-state index contributed by atoms with van der Waals surface area (Å²) in [6, 6.07) is 8.30. The van der Waals surface area contributed by atoms with E-state index in [2.05, 4.69) is 9.78 Å². The molecule has 0 aliphatic rings. The van der Waals surface area contributed by atoms with Gasteiger partial charge in [0.2, 0.25) is 0 Å². The molecule has 0 fully saturated rings. The molecule has 0 atom stereocenters. The van der Waals surface area contributed by atoms with Gasteiger partial charge in [0.25, 0.3) is 0 Å². The number of benzene rings is 1. The van der Waals surface area contributed by atoms with Crippen LogP contribution >= 0.6 is 0 Å². The van der Waals surface area contributed by atoms with Gasteiger partial charge in [-0.3, -0.25) is 0 Å². The van der Waals surface area contributed by atoms with E-state index in [1.54, 1.807) is 30.3 Å². The second-order valence-corrected chi connectivity index (χ2v) is 2.48. The second-order valence-electron chi connectivity index (χ2n) is 2.48. The van der Waals surface area contributed by atoms with E-state index >= 15 is 0 Å². The summed E-state index contributed by atoms with van der Waals surface area (Å²) in [5.41, 5.74) is 0.331. The van der Waals surface area contributed by atoms with Crippen molar-refractivity contribution in [2.45, 2.75) is 13.8 Å². The summed E-state index contributed by atoms with van der Waals surface area (Å²) < 4.78 is 0. The summed E-state index contributed by atoms with van der Waals surface area (Å²) in [6.07, 6.45) is 0. The Bertz CT molecular complexity index is 255. The van der Waals surface area contributed by atoms with Gasteiger partial charge >= 0.3 is 5.97 Å². The monoisotopic (exact) mass is 212 g/mol. The van der Waals surface area contributed by atoms with Crippen molar-refractivity contribution in [3.8, 4) is 0 Å². The van der Waals surface area contributed by atoms with Crippen molar-refractivity contribution in [2.75, 3.05) is 13.2 Å². The highest BCUT2D eigenvalue weighted by Crippen LogP contribution is 1.96. The number of aromatic carboxylic acids is 1. The molecule has 0 saturated heterocycles. The first-order valence-electron chi connectivity index (χ1n) is 4.75. The minimum atomic E-state index is -0.879. The molecule has 84 valence electrons. The molecule has 1 aromatic rings. The third kappa shape index (κ3) is 7.66. The fraction of sp³-hybridized carbons (Fsp3) is 0.364. The zero-order valence-corrected chi connectivity index (χ0v) is 8.97. The standard InChI is InChI=1S/C7H6O2.C4H10O2/c8-7(9)6-4-2-1-3-5-6;1-3-5-6-4-2/h1-5H,(H,8,9);3-4H2,1-2H3. The molecule has 0 saturated carbocycles. The van der Waals surface area contributed by atoms with Crippen molar-refractivity contribution in [2.24, 2.45) is 0 Å². The van der Waals surface area contributed by atoms with Gasteiger partial charge in [-0.15, -0.1) is 0 Å². The Kier molecular flexibility index (Phi) is 8.33. The fourth-order valence-electron chi connectivity index (χ4n) is 0.747. The van der Waals surface area contributed by atoms with E-state index in [0.29, 0.717) is 18.8 Å². The summed E-state index contributed by atoms with van der Waals surface area (Å²) in [5, 5.41) is 8.38. The topological polar surface area (TPSA) is 55.8 Å². The Morgan fingerprint density at radius 3 is 1.87 bits per heavy atom. The quantitative estimate of drug-likeness (QED) is 0.473. The third-order valence-electron chi connectivity index (χ3n) is 1.34. The fourth-order valence-corrected chi connectivity index (χ4v) is 0.747. The Labute approximate surface area is 89.4 Å². The zero-order chi connectivity index (χ0) is 11.5. The number of rotatable bonds is 4. The molecular formula is C11H16O4. The SMILES string of the molecule is CCOOCC.O=C(O)c1ccccc1. The predicted molar refractivity (Wildman–Crippen MR) is 56.7 cm³/mol. The normalized spacial score (nSPS) is 8.93. The highest BCUT2D eigenvalue weighted by molar-refractivity contribution is 5.87. The number of carboxylic acids is 1. The molecule has 15 heavy (non-hydrogen) atoms. The molecule has 0 radical (unpaired) electrons. The summed E-state index contributed by atoms with van der Waals surface area (Å²) in [5.74, 6) is -0.879. The molecule has 0 aromatic heterocycles. The molecule has 0 aliphatic carbocycles. The van der Waals surface area contributed by atoms with Crippen LogP contribution in [-0.4, -0.2) is 24.3 Å². The van der Waals surface area contributed by atoms with Crippen LogP contribution < -0.4 is 0 Å². The lowest BCUT2D eigenvalue weighted by Crippen LogP contribution is -1.93. The molecule has 0 heterocycles. The molecule has 0 bridgehead atoms. The molecule has 0 unspecified atom stereocenters. The number of carbonyl (C=O) groups is 1. The lowest BCUT2D eigenvalue weighted by atomic mass is 10.2. The van der Waals surface area contributed by atoms with E-state index < -0.39 is 5.97 Å². The molecule has 1 rings (SSSR count). The van der Waals surface area contributed by atoms with Crippen LogP contribution in [0.15, 0.2) is 30.3 Å². The lowest BCUT2D eigenvalue weighted by Gasteiger charge is -1.92. The highest BCUT2D eigenvalue weighted by Gasteiger charge is 1.96. The van der Waals surface area contributed by atoms with Crippen molar-refractivity contribution >= 4 is 5.97 Å². The molecule has 4 heteroatoms. The summed E-state index contributed by atoms with van der Waals surface area (Å²) in [4.78, 5) is 19.2. The minimum absolute atomic E-state index is 0.331. The van der Waals surface area contributed by atoms with Gasteiger partial charge in [-0.2, -0.15) is 0 Å². The van der Waals surface area contributed by atoms with E-state index in [1.165, 1.54) is 0 Å². The Morgan fingerprint density at radius 1 is 1.13 bits per heavy atom. The van der Waals surface area contributed by atoms with Gasteiger partial charge in [-0.1, -0.05) is 18.2 Å². The van der Waals surface area contributed by atoms with E-state index in [-0.39, 0.29) is 0 Å². The van der Waals surface area contributed by atoms with Crippen molar-refractivity contribution < 1.29 is 19.7 Å². The van der Waals surface area contributed by atoms with Crippen molar-refractivity contribution in [1.82, 2.24) is 0 Å². The predicted octanol–water partition coefficient (Wildman–Crippen LogP) is 2.36. The molecule has 0 amide bonds. The van der Waals surface area contributed by atoms with Crippen LogP contribution in [0.2, 0.25) is 0 Å². The van der Waals surface area contributed by atoms with Gasteiger partial charge in [-0.05, 0) is 26.0 Å². The number of hydrogen-bond acceptors (Lipinski definition) is 3. The van der Waals surface area contributed by atoms with E-state index in [1.807, 2.05) is 13.8 Å². The maximum atomic E-state index is 10.2. The van der Waals surface area contributed by atoms with Crippen molar-refractivity contribution in [3.05, 3.63) is 35.9 Å². The van der Waals surface area contributed by atoms with E-state index in [9.17, 15) is 4.79 Å². The van der Waals surface area contributed by atoms with Gasteiger partial charge in [0.05, 0.1) is 18.8 Å².